The van der Waals surface area contributed by atoms with E-state index in [4.69, 9.17) is 4.74 Å². The van der Waals surface area contributed by atoms with Crippen LogP contribution in [-0.2, 0) is 16.1 Å². The van der Waals surface area contributed by atoms with Crippen LogP contribution in [0.3, 0.4) is 0 Å². The molecule has 0 aliphatic heterocycles. The number of ether oxygens (including phenoxy) is 1. The fourth-order valence-corrected chi connectivity index (χ4v) is 2.47. The molecular weight excluding hydrogens is 288 g/mol. The molecular formula is C14H16N4O2S. The predicted molar refractivity (Wildman–Crippen MR) is 80.8 cm³/mol. The van der Waals surface area contributed by atoms with Crippen molar-refractivity contribution in [3.8, 4) is 11.4 Å². The molecule has 110 valence electrons. The summed E-state index contributed by atoms with van der Waals surface area (Å²) in [5, 5.41) is 8.97. The van der Waals surface area contributed by atoms with Crippen molar-refractivity contribution < 1.29 is 9.53 Å². The summed E-state index contributed by atoms with van der Waals surface area (Å²) in [6.07, 6.45) is 5.19. The third kappa shape index (κ3) is 3.91. The van der Waals surface area contributed by atoms with Gasteiger partial charge in [-0.25, -0.2) is 0 Å². The first-order valence-corrected chi connectivity index (χ1v) is 7.47. The van der Waals surface area contributed by atoms with Crippen LogP contribution < -0.4 is 0 Å². The summed E-state index contributed by atoms with van der Waals surface area (Å²) >= 11 is 1.30. The van der Waals surface area contributed by atoms with Crippen molar-refractivity contribution in [2.75, 3.05) is 12.4 Å². The van der Waals surface area contributed by atoms with Gasteiger partial charge in [0.05, 0.1) is 12.4 Å². The fourth-order valence-electron chi connectivity index (χ4n) is 1.72. The maximum absolute atomic E-state index is 11.4. The van der Waals surface area contributed by atoms with Gasteiger partial charge in [-0.2, -0.15) is 0 Å². The van der Waals surface area contributed by atoms with Gasteiger partial charge in [-0.1, -0.05) is 17.8 Å². The van der Waals surface area contributed by atoms with Crippen LogP contribution in [-0.4, -0.2) is 38.1 Å². The van der Waals surface area contributed by atoms with E-state index in [0.717, 1.165) is 5.56 Å². The lowest BCUT2D eigenvalue weighted by atomic mass is 10.3. The Kier molecular flexibility index (Phi) is 5.51. The predicted octanol–water partition coefficient (Wildman–Crippen LogP) is 2.18. The van der Waals surface area contributed by atoms with Gasteiger partial charge in [0.2, 0.25) is 0 Å². The molecule has 0 saturated heterocycles. The summed E-state index contributed by atoms with van der Waals surface area (Å²) in [5.41, 5.74) is 0.870. The largest absolute Gasteiger partial charge is 0.465 e. The van der Waals surface area contributed by atoms with E-state index in [1.54, 1.807) is 25.4 Å². The summed E-state index contributed by atoms with van der Waals surface area (Å²) < 4.78 is 6.80. The molecule has 0 aliphatic rings. The second kappa shape index (κ2) is 7.58. The topological polar surface area (TPSA) is 69.9 Å². The zero-order chi connectivity index (χ0) is 15.1. The average molecular weight is 304 g/mol. The first-order chi connectivity index (χ1) is 10.3. The molecule has 7 heteroatoms. The molecule has 2 rings (SSSR count). The Labute approximate surface area is 127 Å². The number of pyridine rings is 1. The number of hydrogen-bond acceptors (Lipinski definition) is 6. The van der Waals surface area contributed by atoms with Crippen LogP contribution in [0, 0.1) is 0 Å². The second-order valence-corrected chi connectivity index (χ2v) is 4.98. The molecule has 0 atom stereocenters. The Morgan fingerprint density at radius 1 is 1.52 bits per heavy atom. The molecule has 0 aliphatic carbocycles. The maximum atomic E-state index is 11.4. The number of rotatable bonds is 7. The van der Waals surface area contributed by atoms with Gasteiger partial charge in [0, 0.05) is 24.5 Å². The van der Waals surface area contributed by atoms with Crippen LogP contribution in [0.4, 0.5) is 0 Å². The SMILES string of the molecule is C=CCn1c(SCC(=O)OCC)nnc1-c1cccnc1. The molecule has 2 aromatic rings. The van der Waals surface area contributed by atoms with Gasteiger partial charge in [0.25, 0.3) is 0 Å². The van der Waals surface area contributed by atoms with Gasteiger partial charge in [-0.3, -0.25) is 14.3 Å². The lowest BCUT2D eigenvalue weighted by Crippen LogP contribution is -2.08. The van der Waals surface area contributed by atoms with Crippen molar-refractivity contribution in [2.24, 2.45) is 0 Å². The molecule has 0 spiro atoms. The van der Waals surface area contributed by atoms with Gasteiger partial charge in [0.1, 0.15) is 0 Å². The molecule has 0 N–H and O–H groups in total. The van der Waals surface area contributed by atoms with Crippen LogP contribution >= 0.6 is 11.8 Å². The third-order valence-corrected chi connectivity index (χ3v) is 3.51. The number of nitrogens with zero attached hydrogens (tertiary/aromatic N) is 4. The highest BCUT2D eigenvalue weighted by Gasteiger charge is 2.15. The van der Waals surface area contributed by atoms with E-state index < -0.39 is 0 Å². The quantitative estimate of drug-likeness (QED) is 0.443. The smallest absolute Gasteiger partial charge is 0.316 e. The number of carbonyl (C=O) groups is 1. The Bertz CT molecular complexity index is 613. The van der Waals surface area contributed by atoms with E-state index in [1.165, 1.54) is 11.8 Å². The minimum atomic E-state index is -0.265. The third-order valence-electron chi connectivity index (χ3n) is 2.57. The molecule has 0 fully saturated rings. The van der Waals surface area contributed by atoms with Crippen LogP contribution in [0.1, 0.15) is 6.92 Å². The highest BCUT2D eigenvalue weighted by Crippen LogP contribution is 2.23. The van der Waals surface area contributed by atoms with Gasteiger partial charge in [-0.15, -0.1) is 16.8 Å². The Morgan fingerprint density at radius 2 is 2.38 bits per heavy atom. The zero-order valence-electron chi connectivity index (χ0n) is 11.7. The first-order valence-electron chi connectivity index (χ1n) is 6.49. The number of thioether (sulfide) groups is 1. The Hall–Kier alpha value is -2.15. The summed E-state index contributed by atoms with van der Waals surface area (Å²) in [6, 6.07) is 3.75. The summed E-state index contributed by atoms with van der Waals surface area (Å²) in [7, 11) is 0. The Morgan fingerprint density at radius 3 is 3.05 bits per heavy atom. The van der Waals surface area contributed by atoms with Crippen molar-refractivity contribution in [3.63, 3.8) is 0 Å². The van der Waals surface area contributed by atoms with Gasteiger partial charge in [0.15, 0.2) is 11.0 Å². The molecule has 21 heavy (non-hydrogen) atoms. The molecule has 0 aromatic carbocycles. The van der Waals surface area contributed by atoms with E-state index in [1.807, 2.05) is 16.7 Å². The summed E-state index contributed by atoms with van der Waals surface area (Å²) in [4.78, 5) is 15.5. The van der Waals surface area contributed by atoms with Gasteiger partial charge in [-0.05, 0) is 19.1 Å². The summed E-state index contributed by atoms with van der Waals surface area (Å²) in [5.74, 6) is 0.642. The minimum absolute atomic E-state index is 0.205. The van der Waals surface area contributed by atoms with E-state index in [0.29, 0.717) is 24.1 Å². The fraction of sp³-hybridized carbons (Fsp3) is 0.286. The molecule has 0 saturated carbocycles. The van der Waals surface area contributed by atoms with Crippen LogP contribution in [0.5, 0.6) is 0 Å². The normalized spacial score (nSPS) is 10.3. The average Bonchev–Trinajstić information content (AvgIpc) is 2.90. The molecule has 6 nitrogen and oxygen atoms in total. The van der Waals surface area contributed by atoms with Crippen molar-refractivity contribution in [3.05, 3.63) is 37.2 Å². The molecule has 0 bridgehead atoms. The van der Waals surface area contributed by atoms with Gasteiger partial charge < -0.3 is 4.74 Å². The van der Waals surface area contributed by atoms with E-state index >= 15 is 0 Å². The first kappa shape index (κ1) is 15.2. The standard InChI is InChI=1S/C14H16N4O2S/c1-3-8-18-13(11-6-5-7-15-9-11)16-17-14(18)21-10-12(19)20-4-2/h3,5-7,9H,1,4,8,10H2,2H3. The molecule has 2 aromatic heterocycles. The number of allylic oxidation sites excluding steroid dienone is 1. The van der Waals surface area contributed by atoms with Crippen LogP contribution in [0.2, 0.25) is 0 Å². The lowest BCUT2D eigenvalue weighted by Gasteiger charge is -2.07. The van der Waals surface area contributed by atoms with Crippen LogP contribution in [0.25, 0.3) is 11.4 Å². The van der Waals surface area contributed by atoms with E-state index in [9.17, 15) is 4.79 Å². The van der Waals surface area contributed by atoms with E-state index in [2.05, 4.69) is 21.8 Å². The number of carbonyl (C=O) groups excluding carboxylic acids is 1. The minimum Gasteiger partial charge on any atom is -0.465 e. The van der Waals surface area contributed by atoms with Crippen molar-refractivity contribution in [1.82, 2.24) is 19.7 Å². The van der Waals surface area contributed by atoms with Crippen LogP contribution in [0.15, 0.2) is 42.3 Å². The maximum Gasteiger partial charge on any atom is 0.316 e. The molecule has 0 amide bonds. The second-order valence-electron chi connectivity index (χ2n) is 4.04. The zero-order valence-corrected chi connectivity index (χ0v) is 12.5. The molecule has 2 heterocycles. The van der Waals surface area contributed by atoms with Crippen molar-refractivity contribution in [2.45, 2.75) is 18.6 Å². The van der Waals surface area contributed by atoms with Gasteiger partial charge >= 0.3 is 5.97 Å². The number of hydrogen-bond donors (Lipinski definition) is 0. The lowest BCUT2D eigenvalue weighted by molar-refractivity contribution is -0.139. The van der Waals surface area contributed by atoms with Crippen molar-refractivity contribution in [1.29, 1.82) is 0 Å². The molecule has 0 radical (unpaired) electrons. The number of aromatic nitrogens is 4. The highest BCUT2D eigenvalue weighted by atomic mass is 32.2. The van der Waals surface area contributed by atoms with Crippen molar-refractivity contribution >= 4 is 17.7 Å². The summed E-state index contributed by atoms with van der Waals surface area (Å²) in [6.45, 7) is 6.46. The highest BCUT2D eigenvalue weighted by molar-refractivity contribution is 7.99. The van der Waals surface area contributed by atoms with E-state index in [-0.39, 0.29) is 11.7 Å². The Balaban J connectivity index is 2.21. The molecule has 0 unspecified atom stereocenters. The number of esters is 1. The monoisotopic (exact) mass is 304 g/mol.